The predicted octanol–water partition coefficient (Wildman–Crippen LogP) is 3.87. The Morgan fingerprint density at radius 3 is 2.35 bits per heavy atom. The van der Waals surface area contributed by atoms with E-state index < -0.39 is 0 Å². The normalized spacial score (nSPS) is 10.2. The standard InChI is InChI=1S/C15H13FO/c1-2-11-7-12(10-17)9-14(8-11)13-3-5-15(16)6-4-13/h3-10H,2H2,1H3. The summed E-state index contributed by atoms with van der Waals surface area (Å²) in [5.41, 5.74) is 3.63. The van der Waals surface area contributed by atoms with Crippen LogP contribution >= 0.6 is 0 Å². The van der Waals surface area contributed by atoms with E-state index in [2.05, 4.69) is 0 Å². The molecule has 0 atom stereocenters. The van der Waals surface area contributed by atoms with Crippen LogP contribution in [0.1, 0.15) is 22.8 Å². The molecule has 0 aliphatic rings. The molecule has 2 aromatic rings. The van der Waals surface area contributed by atoms with Crippen molar-refractivity contribution in [3.05, 3.63) is 59.4 Å². The average Bonchev–Trinajstić information content (AvgIpc) is 2.39. The van der Waals surface area contributed by atoms with Crippen LogP contribution in [0.2, 0.25) is 0 Å². The van der Waals surface area contributed by atoms with Crippen LogP contribution < -0.4 is 0 Å². The number of aldehydes is 1. The van der Waals surface area contributed by atoms with Crippen LogP contribution in [0.15, 0.2) is 42.5 Å². The van der Waals surface area contributed by atoms with E-state index in [4.69, 9.17) is 0 Å². The van der Waals surface area contributed by atoms with Crippen LogP contribution in [-0.2, 0) is 6.42 Å². The maximum atomic E-state index is 12.8. The van der Waals surface area contributed by atoms with Crippen molar-refractivity contribution in [3.63, 3.8) is 0 Å². The lowest BCUT2D eigenvalue weighted by Crippen LogP contribution is -1.89. The van der Waals surface area contributed by atoms with Gasteiger partial charge in [-0.25, -0.2) is 4.39 Å². The van der Waals surface area contributed by atoms with Gasteiger partial charge in [0, 0.05) is 5.56 Å². The van der Waals surface area contributed by atoms with Gasteiger partial charge >= 0.3 is 0 Å². The number of carbonyl (C=O) groups excluding carboxylic acids is 1. The molecule has 0 unspecified atom stereocenters. The molecule has 2 aromatic carbocycles. The molecule has 0 bridgehead atoms. The van der Waals surface area contributed by atoms with Gasteiger partial charge in [0.15, 0.2) is 0 Å². The highest BCUT2D eigenvalue weighted by Crippen LogP contribution is 2.22. The van der Waals surface area contributed by atoms with Crippen molar-refractivity contribution in [2.75, 3.05) is 0 Å². The summed E-state index contributed by atoms with van der Waals surface area (Å²) in [5.74, 6) is -0.254. The van der Waals surface area contributed by atoms with Crippen molar-refractivity contribution < 1.29 is 9.18 Å². The van der Waals surface area contributed by atoms with Gasteiger partial charge in [-0.15, -0.1) is 0 Å². The lowest BCUT2D eigenvalue weighted by molar-refractivity contribution is 0.112. The van der Waals surface area contributed by atoms with Crippen LogP contribution in [0, 0.1) is 5.82 Å². The van der Waals surface area contributed by atoms with Crippen molar-refractivity contribution in [2.24, 2.45) is 0 Å². The molecule has 86 valence electrons. The largest absolute Gasteiger partial charge is 0.298 e. The van der Waals surface area contributed by atoms with Gasteiger partial charge < -0.3 is 0 Å². The molecule has 0 heterocycles. The lowest BCUT2D eigenvalue weighted by atomic mass is 9.99. The molecular formula is C15H13FO. The van der Waals surface area contributed by atoms with Gasteiger partial charge in [0.05, 0.1) is 0 Å². The molecule has 0 aromatic heterocycles. The number of benzene rings is 2. The third-order valence-electron chi connectivity index (χ3n) is 2.74. The van der Waals surface area contributed by atoms with Crippen molar-refractivity contribution in [1.29, 1.82) is 0 Å². The van der Waals surface area contributed by atoms with Crippen molar-refractivity contribution in [3.8, 4) is 11.1 Å². The summed E-state index contributed by atoms with van der Waals surface area (Å²) >= 11 is 0. The van der Waals surface area contributed by atoms with Crippen molar-refractivity contribution >= 4 is 6.29 Å². The molecule has 2 heteroatoms. The number of halogens is 1. The fourth-order valence-corrected chi connectivity index (χ4v) is 1.80. The Hall–Kier alpha value is -1.96. The molecule has 0 fully saturated rings. The predicted molar refractivity (Wildman–Crippen MR) is 66.6 cm³/mol. The molecule has 0 radical (unpaired) electrons. The molecule has 0 saturated carbocycles. The van der Waals surface area contributed by atoms with Crippen LogP contribution in [0.25, 0.3) is 11.1 Å². The minimum Gasteiger partial charge on any atom is -0.298 e. The first kappa shape index (κ1) is 11.5. The molecule has 1 nitrogen and oxygen atoms in total. The molecular weight excluding hydrogens is 215 g/mol. The summed E-state index contributed by atoms with van der Waals surface area (Å²) in [5, 5.41) is 0. The Bertz CT molecular complexity index is 529. The zero-order chi connectivity index (χ0) is 12.3. The fourth-order valence-electron chi connectivity index (χ4n) is 1.80. The summed E-state index contributed by atoms with van der Waals surface area (Å²) in [6, 6.07) is 12.0. The van der Waals surface area contributed by atoms with E-state index >= 15 is 0 Å². The third kappa shape index (κ3) is 2.59. The van der Waals surface area contributed by atoms with E-state index in [1.54, 1.807) is 12.1 Å². The van der Waals surface area contributed by atoms with Crippen molar-refractivity contribution in [1.82, 2.24) is 0 Å². The van der Waals surface area contributed by atoms with Gasteiger partial charge in [-0.1, -0.05) is 25.1 Å². The minimum absolute atomic E-state index is 0.254. The van der Waals surface area contributed by atoms with Crippen LogP contribution in [0.3, 0.4) is 0 Å². The Kier molecular flexibility index (Phi) is 3.33. The van der Waals surface area contributed by atoms with Crippen LogP contribution in [0.5, 0.6) is 0 Å². The summed E-state index contributed by atoms with van der Waals surface area (Å²) < 4.78 is 12.8. The Morgan fingerprint density at radius 2 is 1.76 bits per heavy atom. The van der Waals surface area contributed by atoms with Gasteiger partial charge in [-0.05, 0) is 47.4 Å². The number of hydrogen-bond donors (Lipinski definition) is 0. The topological polar surface area (TPSA) is 17.1 Å². The second-order valence-electron chi connectivity index (χ2n) is 3.94. The van der Waals surface area contributed by atoms with Gasteiger partial charge in [0.1, 0.15) is 12.1 Å². The highest BCUT2D eigenvalue weighted by Gasteiger charge is 2.02. The second kappa shape index (κ2) is 4.91. The molecule has 0 aliphatic heterocycles. The Balaban J connectivity index is 2.50. The van der Waals surface area contributed by atoms with E-state index in [-0.39, 0.29) is 5.82 Å². The van der Waals surface area contributed by atoms with Crippen LogP contribution in [-0.4, -0.2) is 6.29 Å². The summed E-state index contributed by atoms with van der Waals surface area (Å²) in [7, 11) is 0. The van der Waals surface area contributed by atoms with E-state index in [0.29, 0.717) is 5.56 Å². The maximum Gasteiger partial charge on any atom is 0.150 e. The zero-order valence-electron chi connectivity index (χ0n) is 9.61. The van der Waals surface area contributed by atoms with Gasteiger partial charge in [-0.2, -0.15) is 0 Å². The monoisotopic (exact) mass is 228 g/mol. The number of carbonyl (C=O) groups is 1. The van der Waals surface area contributed by atoms with Gasteiger partial charge in [0.2, 0.25) is 0 Å². The first-order chi connectivity index (χ1) is 8.22. The van der Waals surface area contributed by atoms with Crippen LogP contribution in [0.4, 0.5) is 4.39 Å². The van der Waals surface area contributed by atoms with Gasteiger partial charge in [-0.3, -0.25) is 4.79 Å². The van der Waals surface area contributed by atoms with E-state index in [0.717, 1.165) is 29.4 Å². The molecule has 0 amide bonds. The molecule has 17 heavy (non-hydrogen) atoms. The van der Waals surface area contributed by atoms with E-state index in [1.807, 2.05) is 25.1 Å². The van der Waals surface area contributed by atoms with Crippen molar-refractivity contribution in [2.45, 2.75) is 13.3 Å². The first-order valence-corrected chi connectivity index (χ1v) is 5.58. The Morgan fingerprint density at radius 1 is 1.06 bits per heavy atom. The number of hydrogen-bond acceptors (Lipinski definition) is 1. The lowest BCUT2D eigenvalue weighted by Gasteiger charge is -2.06. The summed E-state index contributed by atoms with van der Waals surface area (Å²) in [4.78, 5) is 10.9. The number of aryl methyl sites for hydroxylation is 1. The third-order valence-corrected chi connectivity index (χ3v) is 2.74. The average molecular weight is 228 g/mol. The van der Waals surface area contributed by atoms with Gasteiger partial charge in [0.25, 0.3) is 0 Å². The Labute approximate surface area is 99.9 Å². The molecule has 2 rings (SSSR count). The maximum absolute atomic E-state index is 12.8. The second-order valence-corrected chi connectivity index (χ2v) is 3.94. The highest BCUT2D eigenvalue weighted by atomic mass is 19.1. The van der Waals surface area contributed by atoms with E-state index in [9.17, 15) is 9.18 Å². The highest BCUT2D eigenvalue weighted by molar-refractivity contribution is 5.79. The zero-order valence-corrected chi connectivity index (χ0v) is 9.61. The summed E-state index contributed by atoms with van der Waals surface area (Å²) in [6.45, 7) is 2.04. The first-order valence-electron chi connectivity index (χ1n) is 5.58. The smallest absolute Gasteiger partial charge is 0.150 e. The number of rotatable bonds is 3. The summed E-state index contributed by atoms with van der Waals surface area (Å²) in [6.07, 6.45) is 1.71. The molecule has 0 spiro atoms. The molecule has 0 saturated heterocycles. The fraction of sp³-hybridized carbons (Fsp3) is 0.133. The molecule has 0 aliphatic carbocycles. The molecule has 0 N–H and O–H groups in total. The SMILES string of the molecule is CCc1cc(C=O)cc(-c2ccc(F)cc2)c1. The van der Waals surface area contributed by atoms with E-state index in [1.165, 1.54) is 12.1 Å². The minimum atomic E-state index is -0.254. The quantitative estimate of drug-likeness (QED) is 0.729.